The number of nitrogen functional groups attached to an aromatic ring is 1. The first-order valence-electron chi connectivity index (χ1n) is 7.17. The fraction of sp³-hybridized carbons (Fsp3) is 0.267. The van der Waals surface area contributed by atoms with Gasteiger partial charge in [0.05, 0.1) is 11.9 Å². The van der Waals surface area contributed by atoms with E-state index in [4.69, 9.17) is 17.3 Å². The second kappa shape index (κ2) is 5.21. The van der Waals surface area contributed by atoms with Crippen LogP contribution in [0.2, 0.25) is 5.15 Å². The molecular weight excluding hydrogens is 334 g/mol. The zero-order valence-electron chi connectivity index (χ0n) is 12.4. The van der Waals surface area contributed by atoms with Crippen LogP contribution in [0.3, 0.4) is 0 Å². The molecule has 3 aromatic rings. The molecule has 1 amide bonds. The molecule has 0 aromatic carbocycles. The minimum absolute atomic E-state index is 0.0124. The number of thiophene rings is 1. The van der Waals surface area contributed by atoms with Gasteiger partial charge in [0.25, 0.3) is 5.91 Å². The van der Waals surface area contributed by atoms with Gasteiger partial charge in [-0.1, -0.05) is 11.6 Å². The number of fused-ring (bicyclic) bond motifs is 3. The van der Waals surface area contributed by atoms with Gasteiger partial charge in [0.2, 0.25) is 0 Å². The third-order valence-electron chi connectivity index (χ3n) is 4.23. The number of anilines is 1. The molecule has 4 heterocycles. The van der Waals surface area contributed by atoms with Crippen molar-refractivity contribution in [3.63, 3.8) is 0 Å². The van der Waals surface area contributed by atoms with Crippen molar-refractivity contribution in [3.8, 4) is 0 Å². The van der Waals surface area contributed by atoms with Gasteiger partial charge in [0, 0.05) is 18.5 Å². The van der Waals surface area contributed by atoms with E-state index in [1.807, 2.05) is 4.90 Å². The second-order valence-electron chi connectivity index (χ2n) is 5.52. The maximum absolute atomic E-state index is 12.7. The molecule has 8 heteroatoms. The normalized spacial score (nSPS) is 14.3. The van der Waals surface area contributed by atoms with Crippen molar-refractivity contribution in [3.05, 3.63) is 39.7 Å². The van der Waals surface area contributed by atoms with Gasteiger partial charge in [-0.2, -0.15) is 0 Å². The molecule has 3 aromatic heterocycles. The topological polar surface area (TPSA) is 77.0 Å². The van der Waals surface area contributed by atoms with Crippen molar-refractivity contribution < 1.29 is 4.79 Å². The number of nitrogens with two attached hydrogens (primary N) is 1. The number of carbonyl (C=O) groups excluding carboxylic acids is 1. The minimum atomic E-state index is -0.0124. The van der Waals surface area contributed by atoms with Crippen LogP contribution in [0.4, 0.5) is 5.82 Å². The Balaban J connectivity index is 1.69. The molecule has 2 N–H and O–H groups in total. The van der Waals surface area contributed by atoms with E-state index in [0.717, 1.165) is 21.5 Å². The minimum Gasteiger partial charge on any atom is -0.383 e. The second-order valence-corrected chi connectivity index (χ2v) is 6.99. The predicted octanol–water partition coefficient (Wildman–Crippen LogP) is 2.46. The van der Waals surface area contributed by atoms with E-state index in [1.54, 1.807) is 35.1 Å². The molecule has 6 nitrogen and oxygen atoms in total. The van der Waals surface area contributed by atoms with Gasteiger partial charge in [-0.25, -0.2) is 9.97 Å². The fourth-order valence-corrected chi connectivity index (χ4v) is 4.35. The zero-order valence-corrected chi connectivity index (χ0v) is 14.0. The molecule has 0 saturated heterocycles. The van der Waals surface area contributed by atoms with E-state index in [2.05, 4.69) is 9.97 Å². The van der Waals surface area contributed by atoms with Crippen molar-refractivity contribution in [2.45, 2.75) is 13.0 Å². The van der Waals surface area contributed by atoms with Crippen molar-refractivity contribution in [1.82, 2.24) is 19.4 Å². The summed E-state index contributed by atoms with van der Waals surface area (Å²) in [5.41, 5.74) is 7.76. The average molecular weight is 348 g/mol. The van der Waals surface area contributed by atoms with Crippen LogP contribution in [0, 0.1) is 0 Å². The van der Waals surface area contributed by atoms with Crippen molar-refractivity contribution in [2.24, 2.45) is 7.05 Å². The van der Waals surface area contributed by atoms with Crippen LogP contribution in [-0.4, -0.2) is 31.9 Å². The maximum atomic E-state index is 12.7. The third kappa shape index (κ3) is 2.19. The summed E-state index contributed by atoms with van der Waals surface area (Å²) in [7, 11) is 1.79. The van der Waals surface area contributed by atoms with Crippen molar-refractivity contribution >= 4 is 44.9 Å². The van der Waals surface area contributed by atoms with Crippen LogP contribution >= 0.6 is 22.9 Å². The summed E-state index contributed by atoms with van der Waals surface area (Å²) in [5, 5.41) is 1.50. The Labute approximate surface area is 141 Å². The summed E-state index contributed by atoms with van der Waals surface area (Å²) in [4.78, 5) is 25.0. The summed E-state index contributed by atoms with van der Waals surface area (Å²) in [5.74, 6) is 0.503. The molecule has 0 radical (unpaired) electrons. The lowest BCUT2D eigenvalue weighted by Gasteiger charge is -2.27. The monoisotopic (exact) mass is 347 g/mol. The lowest BCUT2D eigenvalue weighted by molar-refractivity contribution is 0.0728. The van der Waals surface area contributed by atoms with Gasteiger partial charge in [0.15, 0.2) is 0 Å². The molecule has 0 fully saturated rings. The SMILES string of the molecule is Cn1c(Cl)ccc1C(=O)N1CCc2c(sc3ncnc(N)c23)C1. The smallest absolute Gasteiger partial charge is 0.270 e. The number of nitrogens with zero attached hydrogens (tertiary/aromatic N) is 4. The largest absolute Gasteiger partial charge is 0.383 e. The van der Waals surface area contributed by atoms with Crippen LogP contribution in [0.1, 0.15) is 20.9 Å². The number of carbonyl (C=O) groups is 1. The Kier molecular flexibility index (Phi) is 3.28. The summed E-state index contributed by atoms with van der Waals surface area (Å²) >= 11 is 7.61. The highest BCUT2D eigenvalue weighted by Crippen LogP contribution is 2.36. The molecule has 0 aliphatic carbocycles. The molecule has 1 aliphatic rings. The third-order valence-corrected chi connectivity index (χ3v) is 5.74. The Hall–Kier alpha value is -2.12. The predicted molar refractivity (Wildman–Crippen MR) is 90.7 cm³/mol. The van der Waals surface area contributed by atoms with Gasteiger partial charge in [-0.05, 0) is 24.1 Å². The highest BCUT2D eigenvalue weighted by molar-refractivity contribution is 7.19. The molecule has 1 aliphatic heterocycles. The zero-order chi connectivity index (χ0) is 16.1. The standard InChI is InChI=1S/C15H14ClN5OS/c1-20-9(2-3-11(20)16)15(22)21-5-4-8-10(6-21)23-14-12(8)13(17)18-7-19-14/h2-3,7H,4-6H2,1H3,(H2,17,18,19). The Morgan fingerprint density at radius 2 is 2.22 bits per heavy atom. The molecule has 23 heavy (non-hydrogen) atoms. The summed E-state index contributed by atoms with van der Waals surface area (Å²) in [6, 6.07) is 3.49. The molecule has 0 bridgehead atoms. The van der Waals surface area contributed by atoms with E-state index in [-0.39, 0.29) is 5.91 Å². The summed E-state index contributed by atoms with van der Waals surface area (Å²) < 4.78 is 1.70. The fourth-order valence-electron chi connectivity index (χ4n) is 2.99. The van der Waals surface area contributed by atoms with E-state index in [9.17, 15) is 4.79 Å². The summed E-state index contributed by atoms with van der Waals surface area (Å²) in [6.07, 6.45) is 2.24. The first-order valence-corrected chi connectivity index (χ1v) is 8.37. The number of aromatic nitrogens is 3. The average Bonchev–Trinajstić information content (AvgIpc) is 3.07. The first-order chi connectivity index (χ1) is 11.1. The van der Waals surface area contributed by atoms with E-state index in [1.165, 1.54) is 11.9 Å². The van der Waals surface area contributed by atoms with E-state index >= 15 is 0 Å². The quantitative estimate of drug-likeness (QED) is 0.733. The lowest BCUT2D eigenvalue weighted by Crippen LogP contribution is -2.36. The van der Waals surface area contributed by atoms with Crippen molar-refractivity contribution in [2.75, 3.05) is 12.3 Å². The van der Waals surface area contributed by atoms with Gasteiger partial charge >= 0.3 is 0 Å². The molecule has 0 saturated carbocycles. The van der Waals surface area contributed by atoms with E-state index < -0.39 is 0 Å². The summed E-state index contributed by atoms with van der Waals surface area (Å²) in [6.45, 7) is 1.21. The van der Waals surface area contributed by atoms with Gasteiger partial charge in [-0.15, -0.1) is 11.3 Å². The first kappa shape index (κ1) is 14.5. The van der Waals surface area contributed by atoms with Crippen LogP contribution in [0.15, 0.2) is 18.5 Å². The molecular formula is C15H14ClN5OS. The molecule has 0 unspecified atom stereocenters. The van der Waals surface area contributed by atoms with Crippen molar-refractivity contribution in [1.29, 1.82) is 0 Å². The Bertz CT molecular complexity index is 931. The number of amides is 1. The number of hydrogen-bond donors (Lipinski definition) is 1. The number of halogens is 1. The lowest BCUT2D eigenvalue weighted by atomic mass is 10.0. The number of hydrogen-bond acceptors (Lipinski definition) is 5. The molecule has 4 rings (SSSR count). The van der Waals surface area contributed by atoms with Gasteiger partial charge < -0.3 is 15.2 Å². The van der Waals surface area contributed by atoms with Crippen LogP contribution in [0.5, 0.6) is 0 Å². The maximum Gasteiger partial charge on any atom is 0.270 e. The van der Waals surface area contributed by atoms with Gasteiger partial charge in [-0.3, -0.25) is 4.79 Å². The van der Waals surface area contributed by atoms with Crippen LogP contribution < -0.4 is 5.73 Å². The molecule has 0 spiro atoms. The Morgan fingerprint density at radius 1 is 1.39 bits per heavy atom. The highest BCUT2D eigenvalue weighted by atomic mass is 35.5. The molecule has 0 atom stereocenters. The van der Waals surface area contributed by atoms with Crippen LogP contribution in [0.25, 0.3) is 10.2 Å². The number of rotatable bonds is 1. The Morgan fingerprint density at radius 3 is 2.96 bits per heavy atom. The highest BCUT2D eigenvalue weighted by Gasteiger charge is 2.27. The van der Waals surface area contributed by atoms with Crippen LogP contribution in [-0.2, 0) is 20.0 Å². The molecule has 118 valence electrons. The van der Waals surface area contributed by atoms with E-state index in [0.29, 0.717) is 29.8 Å². The van der Waals surface area contributed by atoms with Gasteiger partial charge in [0.1, 0.15) is 27.8 Å².